The third kappa shape index (κ3) is 2.98. The highest BCUT2D eigenvalue weighted by Crippen LogP contribution is 2.34. The predicted octanol–water partition coefficient (Wildman–Crippen LogP) is -1.06. The van der Waals surface area contributed by atoms with Gasteiger partial charge < -0.3 is 34.7 Å². The molecule has 1 aromatic carbocycles. The summed E-state index contributed by atoms with van der Waals surface area (Å²) < 4.78 is 12.5. The lowest BCUT2D eigenvalue weighted by atomic mass is 9.99. The fourth-order valence-electron chi connectivity index (χ4n) is 3.08. The minimum absolute atomic E-state index is 0.0175. The Morgan fingerprint density at radius 2 is 1.92 bits per heavy atom. The van der Waals surface area contributed by atoms with Gasteiger partial charge in [-0.15, -0.1) is 4.73 Å². The lowest BCUT2D eigenvalue weighted by Crippen LogP contribution is -2.60. The molecule has 1 aromatic heterocycles. The zero-order valence-electron chi connectivity index (χ0n) is 14.0. The van der Waals surface area contributed by atoms with Crippen LogP contribution in [0.5, 0.6) is 5.88 Å². The molecule has 1 aliphatic rings. The molecule has 1 fully saturated rings. The Balaban J connectivity index is 2.02. The van der Waals surface area contributed by atoms with E-state index in [0.717, 1.165) is 5.39 Å². The quantitative estimate of drug-likeness (QED) is 0.527. The molecule has 0 bridgehead atoms. The van der Waals surface area contributed by atoms with E-state index >= 15 is 0 Å². The number of nitriles is 1. The zero-order chi connectivity index (χ0) is 18.8. The van der Waals surface area contributed by atoms with Crippen LogP contribution in [-0.4, -0.2) is 69.6 Å². The lowest BCUT2D eigenvalue weighted by molar-refractivity contribution is -0.279. The second-order valence-corrected chi connectivity index (χ2v) is 5.93. The molecule has 26 heavy (non-hydrogen) atoms. The molecule has 3 rings (SSSR count). The van der Waals surface area contributed by atoms with Crippen molar-refractivity contribution in [3.8, 4) is 11.9 Å². The first-order valence-corrected chi connectivity index (χ1v) is 8.04. The van der Waals surface area contributed by atoms with Gasteiger partial charge in [-0.05, 0) is 6.07 Å². The zero-order valence-corrected chi connectivity index (χ0v) is 14.0. The van der Waals surface area contributed by atoms with E-state index in [1.807, 2.05) is 0 Å². The smallest absolute Gasteiger partial charge is 0.235 e. The van der Waals surface area contributed by atoms with Gasteiger partial charge in [0.15, 0.2) is 0 Å². The highest BCUT2D eigenvalue weighted by Gasteiger charge is 2.45. The van der Waals surface area contributed by atoms with Crippen LogP contribution < -0.4 is 9.57 Å². The second-order valence-electron chi connectivity index (χ2n) is 5.93. The maximum absolute atomic E-state index is 10.2. The van der Waals surface area contributed by atoms with Gasteiger partial charge in [-0.1, -0.05) is 18.2 Å². The van der Waals surface area contributed by atoms with Gasteiger partial charge in [-0.25, -0.2) is 0 Å². The Labute approximate surface area is 149 Å². The molecule has 1 saturated heterocycles. The summed E-state index contributed by atoms with van der Waals surface area (Å²) in [5.74, 6) is 0.138. The molecular formula is C17H20N2O7. The Bertz CT molecular complexity index is 813. The molecule has 2 aromatic rings. The van der Waals surface area contributed by atoms with E-state index in [2.05, 4.69) is 6.07 Å². The summed E-state index contributed by atoms with van der Waals surface area (Å²) in [7, 11) is 1.42. The van der Waals surface area contributed by atoms with E-state index < -0.39 is 37.3 Å². The summed E-state index contributed by atoms with van der Waals surface area (Å²) in [6.45, 7) is -0.566. The molecule has 2 heterocycles. The summed E-state index contributed by atoms with van der Waals surface area (Å²) in [5, 5.41) is 49.2. The van der Waals surface area contributed by atoms with Crippen molar-refractivity contribution >= 4 is 10.9 Å². The Morgan fingerprint density at radius 3 is 2.58 bits per heavy atom. The first-order valence-electron chi connectivity index (χ1n) is 8.04. The third-order valence-corrected chi connectivity index (χ3v) is 4.41. The minimum atomic E-state index is -1.56. The molecule has 0 radical (unpaired) electrons. The summed E-state index contributed by atoms with van der Waals surface area (Å²) in [6.07, 6.45) is -7.07. The van der Waals surface area contributed by atoms with Crippen LogP contribution >= 0.6 is 0 Å². The summed E-state index contributed by atoms with van der Waals surface area (Å²) in [4.78, 5) is 5.35. The highest BCUT2D eigenvalue weighted by atomic mass is 16.7. The van der Waals surface area contributed by atoms with Crippen molar-refractivity contribution < 1.29 is 34.7 Å². The number of aliphatic hydroxyl groups is 4. The molecule has 1 aliphatic heterocycles. The number of aliphatic hydroxyl groups excluding tert-OH is 4. The normalized spacial score (nSPS) is 28.7. The number of hydrogen-bond acceptors (Lipinski definition) is 8. The van der Waals surface area contributed by atoms with Crippen molar-refractivity contribution in [1.29, 1.82) is 5.26 Å². The SMILES string of the molecule is COn1c(O[C@@H]2O[C@H](CO)[C@@H](O)[C@H](O)[C@H]2O)c(CC#N)c2ccccc21. The van der Waals surface area contributed by atoms with Gasteiger partial charge in [0.2, 0.25) is 12.2 Å². The number of hydrogen-bond donors (Lipinski definition) is 4. The number of fused-ring (bicyclic) bond motifs is 1. The largest absolute Gasteiger partial charge is 0.444 e. The van der Waals surface area contributed by atoms with E-state index in [-0.39, 0.29) is 12.3 Å². The van der Waals surface area contributed by atoms with Crippen LogP contribution in [-0.2, 0) is 11.2 Å². The van der Waals surface area contributed by atoms with E-state index in [1.165, 1.54) is 11.8 Å². The second kappa shape index (κ2) is 7.49. The molecular weight excluding hydrogens is 344 g/mol. The van der Waals surface area contributed by atoms with Crippen molar-refractivity contribution in [2.24, 2.45) is 0 Å². The van der Waals surface area contributed by atoms with Gasteiger partial charge >= 0.3 is 0 Å². The third-order valence-electron chi connectivity index (χ3n) is 4.41. The first kappa shape index (κ1) is 18.4. The summed E-state index contributed by atoms with van der Waals surface area (Å²) in [6, 6.07) is 9.24. The van der Waals surface area contributed by atoms with Crippen molar-refractivity contribution in [1.82, 2.24) is 4.73 Å². The molecule has 0 spiro atoms. The molecule has 9 heteroatoms. The van der Waals surface area contributed by atoms with E-state index in [1.54, 1.807) is 24.3 Å². The van der Waals surface area contributed by atoms with Crippen LogP contribution in [0.2, 0.25) is 0 Å². The van der Waals surface area contributed by atoms with Crippen molar-refractivity contribution in [2.75, 3.05) is 13.7 Å². The van der Waals surface area contributed by atoms with Gasteiger partial charge in [-0.2, -0.15) is 5.26 Å². The van der Waals surface area contributed by atoms with E-state index in [0.29, 0.717) is 11.1 Å². The first-order chi connectivity index (χ1) is 12.5. The molecule has 5 atom stereocenters. The number of benzene rings is 1. The topological polar surface area (TPSA) is 137 Å². The Morgan fingerprint density at radius 1 is 1.19 bits per heavy atom. The van der Waals surface area contributed by atoms with Crippen LogP contribution in [0, 0.1) is 11.3 Å². The van der Waals surface area contributed by atoms with Crippen molar-refractivity contribution in [3.05, 3.63) is 29.8 Å². The average molecular weight is 364 g/mol. The maximum atomic E-state index is 10.2. The molecule has 0 amide bonds. The molecule has 4 N–H and O–H groups in total. The fraction of sp³-hybridized carbons (Fsp3) is 0.471. The van der Waals surface area contributed by atoms with Crippen LogP contribution in [0.3, 0.4) is 0 Å². The Hall–Kier alpha value is -2.35. The molecule has 140 valence electrons. The lowest BCUT2D eigenvalue weighted by Gasteiger charge is -2.39. The van der Waals surface area contributed by atoms with Crippen LogP contribution in [0.25, 0.3) is 10.9 Å². The van der Waals surface area contributed by atoms with Gasteiger partial charge in [0.05, 0.1) is 24.6 Å². The van der Waals surface area contributed by atoms with Gasteiger partial charge in [0, 0.05) is 10.9 Å². The number of ether oxygens (including phenoxy) is 2. The standard InChI is InChI=1S/C17H20N2O7/c1-24-19-11-5-3-2-4-9(11)10(6-7-18)16(19)26-17-15(23)14(22)13(21)12(8-20)25-17/h2-5,12-15,17,20-23H,6,8H2,1H3/t12-,13-,14+,15-,17+/m1/s1. The Kier molecular flexibility index (Phi) is 5.31. The maximum Gasteiger partial charge on any atom is 0.235 e. The van der Waals surface area contributed by atoms with Gasteiger partial charge in [0.1, 0.15) is 31.5 Å². The number of para-hydroxylation sites is 1. The number of aromatic nitrogens is 1. The van der Waals surface area contributed by atoms with Gasteiger partial charge in [0.25, 0.3) is 0 Å². The number of nitrogens with zero attached hydrogens (tertiary/aromatic N) is 2. The van der Waals surface area contributed by atoms with Crippen LogP contribution in [0.15, 0.2) is 24.3 Å². The highest BCUT2D eigenvalue weighted by molar-refractivity contribution is 5.86. The fourth-order valence-corrected chi connectivity index (χ4v) is 3.08. The summed E-state index contributed by atoms with van der Waals surface area (Å²) >= 11 is 0. The minimum Gasteiger partial charge on any atom is -0.444 e. The molecule has 9 nitrogen and oxygen atoms in total. The molecule has 0 saturated carbocycles. The number of rotatable bonds is 5. The molecule has 0 unspecified atom stereocenters. The van der Waals surface area contributed by atoms with Crippen molar-refractivity contribution in [3.63, 3.8) is 0 Å². The average Bonchev–Trinajstić information content (AvgIpc) is 2.95. The van der Waals surface area contributed by atoms with E-state index in [9.17, 15) is 20.4 Å². The van der Waals surface area contributed by atoms with Gasteiger partial charge in [-0.3, -0.25) is 0 Å². The summed E-state index contributed by atoms with van der Waals surface area (Å²) in [5.41, 5.74) is 1.18. The van der Waals surface area contributed by atoms with Crippen molar-refractivity contribution in [2.45, 2.75) is 37.1 Å². The van der Waals surface area contributed by atoms with Crippen LogP contribution in [0.1, 0.15) is 5.56 Å². The van der Waals surface area contributed by atoms with E-state index in [4.69, 9.17) is 19.6 Å². The monoisotopic (exact) mass is 364 g/mol. The van der Waals surface area contributed by atoms with Crippen LogP contribution in [0.4, 0.5) is 0 Å². The molecule has 0 aliphatic carbocycles. The predicted molar refractivity (Wildman–Crippen MR) is 88.2 cm³/mol.